The van der Waals surface area contributed by atoms with Gasteiger partial charge in [-0.05, 0) is 0 Å². The van der Waals surface area contributed by atoms with E-state index in [1.807, 2.05) is 7.05 Å². The van der Waals surface area contributed by atoms with E-state index in [0.717, 1.165) is 24.5 Å². The van der Waals surface area contributed by atoms with Gasteiger partial charge in [0.15, 0.2) is 0 Å². The Morgan fingerprint density at radius 3 is 3.36 bits per heavy atom. The van der Waals surface area contributed by atoms with Crippen molar-refractivity contribution < 1.29 is 4.74 Å². The summed E-state index contributed by atoms with van der Waals surface area (Å²) >= 11 is 0. The Balaban J connectivity index is 2.38. The Bertz CT molecular complexity index is 243. The van der Waals surface area contributed by atoms with Gasteiger partial charge < -0.3 is 10.1 Å². The normalized spacial score (nSPS) is 16.1. The molecule has 0 saturated carbocycles. The summed E-state index contributed by atoms with van der Waals surface area (Å²) in [4.78, 5) is 0. The minimum atomic E-state index is 0.683. The average Bonchev–Trinajstić information content (AvgIpc) is 2.47. The molecule has 0 amide bonds. The molecule has 0 bridgehead atoms. The lowest BCUT2D eigenvalue weighted by Gasteiger charge is -2.11. The minimum Gasteiger partial charge on any atom is -0.376 e. The smallest absolute Gasteiger partial charge is 0.127 e. The number of anilines is 1. The fraction of sp³-hybridized carbons (Fsp3) is 0.571. The Kier molecular flexibility index (Phi) is 1.54. The summed E-state index contributed by atoms with van der Waals surface area (Å²) in [6, 6.07) is 0. The van der Waals surface area contributed by atoms with Gasteiger partial charge in [0.05, 0.1) is 18.9 Å². The summed E-state index contributed by atoms with van der Waals surface area (Å²) in [5.41, 5.74) is 2.32. The largest absolute Gasteiger partial charge is 0.376 e. The van der Waals surface area contributed by atoms with Gasteiger partial charge in [-0.15, -0.1) is 0 Å². The predicted octanol–water partition coefficient (Wildman–Crippen LogP) is 0.524. The molecule has 11 heavy (non-hydrogen) atoms. The Hall–Kier alpha value is -1.03. The summed E-state index contributed by atoms with van der Waals surface area (Å²) < 4.78 is 5.30. The molecule has 2 heterocycles. The van der Waals surface area contributed by atoms with E-state index < -0.39 is 0 Å². The molecule has 4 nitrogen and oxygen atoms in total. The maximum atomic E-state index is 5.30. The molecule has 0 spiro atoms. The van der Waals surface area contributed by atoms with Crippen LogP contribution in [0.15, 0.2) is 0 Å². The number of H-pyrrole nitrogens is 1. The topological polar surface area (TPSA) is 49.9 Å². The summed E-state index contributed by atoms with van der Waals surface area (Å²) in [7, 11) is 1.88. The van der Waals surface area contributed by atoms with Gasteiger partial charge in [-0.3, -0.25) is 5.10 Å². The van der Waals surface area contributed by atoms with Crippen molar-refractivity contribution >= 4 is 5.82 Å². The second kappa shape index (κ2) is 2.54. The van der Waals surface area contributed by atoms with Gasteiger partial charge >= 0.3 is 0 Å². The van der Waals surface area contributed by atoms with E-state index in [2.05, 4.69) is 15.5 Å². The van der Waals surface area contributed by atoms with E-state index in [4.69, 9.17) is 4.74 Å². The number of aromatic amines is 1. The van der Waals surface area contributed by atoms with Crippen LogP contribution in [0.4, 0.5) is 5.82 Å². The molecule has 0 atom stereocenters. The molecule has 4 heteroatoms. The third-order valence-electron chi connectivity index (χ3n) is 1.93. The molecule has 2 rings (SSSR count). The van der Waals surface area contributed by atoms with Gasteiger partial charge in [-0.25, -0.2) is 0 Å². The van der Waals surface area contributed by atoms with Crippen LogP contribution in [-0.4, -0.2) is 23.9 Å². The SMILES string of the molecule is CNc1[nH]nc2c1COCC2. The molecule has 0 radical (unpaired) electrons. The number of nitrogens with zero attached hydrogens (tertiary/aromatic N) is 1. The Morgan fingerprint density at radius 2 is 2.55 bits per heavy atom. The quantitative estimate of drug-likeness (QED) is 0.618. The lowest BCUT2D eigenvalue weighted by atomic mass is 10.1. The van der Waals surface area contributed by atoms with Crippen molar-refractivity contribution in [3.8, 4) is 0 Å². The number of nitrogens with one attached hydrogen (secondary N) is 2. The van der Waals surface area contributed by atoms with Crippen molar-refractivity contribution in [1.29, 1.82) is 0 Å². The van der Waals surface area contributed by atoms with E-state index >= 15 is 0 Å². The van der Waals surface area contributed by atoms with Crippen LogP contribution in [0.1, 0.15) is 11.3 Å². The first-order valence-electron chi connectivity index (χ1n) is 3.73. The highest BCUT2D eigenvalue weighted by molar-refractivity contribution is 5.46. The molecule has 1 aromatic rings. The summed E-state index contributed by atoms with van der Waals surface area (Å²) in [6.07, 6.45) is 0.924. The second-order valence-corrected chi connectivity index (χ2v) is 2.58. The fourth-order valence-electron chi connectivity index (χ4n) is 1.31. The zero-order valence-corrected chi connectivity index (χ0v) is 6.48. The van der Waals surface area contributed by atoms with Crippen LogP contribution in [0.25, 0.3) is 0 Å². The number of aromatic nitrogens is 2. The molecule has 0 aliphatic carbocycles. The molecular weight excluding hydrogens is 142 g/mol. The minimum absolute atomic E-state index is 0.683. The van der Waals surface area contributed by atoms with E-state index in [0.29, 0.717) is 6.61 Å². The maximum absolute atomic E-state index is 5.30. The van der Waals surface area contributed by atoms with Gasteiger partial charge in [0, 0.05) is 19.0 Å². The van der Waals surface area contributed by atoms with E-state index in [1.54, 1.807) is 0 Å². The van der Waals surface area contributed by atoms with Crippen LogP contribution >= 0.6 is 0 Å². The number of rotatable bonds is 1. The van der Waals surface area contributed by atoms with Crippen molar-refractivity contribution in [3.63, 3.8) is 0 Å². The lowest BCUT2D eigenvalue weighted by Crippen LogP contribution is -2.09. The van der Waals surface area contributed by atoms with Gasteiger partial charge in [0.2, 0.25) is 0 Å². The molecular formula is C7H11N3O. The second-order valence-electron chi connectivity index (χ2n) is 2.58. The van der Waals surface area contributed by atoms with E-state index in [-0.39, 0.29) is 0 Å². The number of fused-ring (bicyclic) bond motifs is 1. The van der Waals surface area contributed by atoms with Gasteiger partial charge in [0.25, 0.3) is 0 Å². The van der Waals surface area contributed by atoms with Gasteiger partial charge in [-0.2, -0.15) is 5.10 Å². The fourth-order valence-corrected chi connectivity index (χ4v) is 1.31. The molecule has 2 N–H and O–H groups in total. The van der Waals surface area contributed by atoms with Gasteiger partial charge in [-0.1, -0.05) is 0 Å². The molecule has 0 unspecified atom stereocenters. The van der Waals surface area contributed by atoms with Gasteiger partial charge in [0.1, 0.15) is 5.82 Å². The van der Waals surface area contributed by atoms with Crippen LogP contribution in [0.3, 0.4) is 0 Å². The highest BCUT2D eigenvalue weighted by atomic mass is 16.5. The van der Waals surface area contributed by atoms with Crippen LogP contribution in [0.2, 0.25) is 0 Å². The highest BCUT2D eigenvalue weighted by Crippen LogP contribution is 2.20. The molecule has 0 saturated heterocycles. The summed E-state index contributed by atoms with van der Waals surface area (Å²) in [6.45, 7) is 1.48. The van der Waals surface area contributed by atoms with Crippen LogP contribution in [-0.2, 0) is 17.8 Å². The Morgan fingerprint density at radius 1 is 1.64 bits per heavy atom. The lowest BCUT2D eigenvalue weighted by molar-refractivity contribution is 0.110. The van der Waals surface area contributed by atoms with E-state index in [1.165, 1.54) is 5.56 Å². The van der Waals surface area contributed by atoms with Crippen molar-refractivity contribution in [1.82, 2.24) is 10.2 Å². The van der Waals surface area contributed by atoms with Crippen molar-refractivity contribution in [2.75, 3.05) is 19.0 Å². The first kappa shape index (κ1) is 6.67. The van der Waals surface area contributed by atoms with Crippen molar-refractivity contribution in [2.45, 2.75) is 13.0 Å². The first-order chi connectivity index (χ1) is 5.42. The highest BCUT2D eigenvalue weighted by Gasteiger charge is 2.15. The first-order valence-corrected chi connectivity index (χ1v) is 3.73. The number of ether oxygens (including phenoxy) is 1. The monoisotopic (exact) mass is 153 g/mol. The Labute approximate surface area is 64.9 Å². The number of hydrogen-bond donors (Lipinski definition) is 2. The zero-order valence-electron chi connectivity index (χ0n) is 6.48. The third kappa shape index (κ3) is 0.991. The van der Waals surface area contributed by atoms with Crippen molar-refractivity contribution in [2.24, 2.45) is 0 Å². The summed E-state index contributed by atoms with van der Waals surface area (Å²) in [5.74, 6) is 0.986. The van der Waals surface area contributed by atoms with Crippen LogP contribution in [0.5, 0.6) is 0 Å². The van der Waals surface area contributed by atoms with Crippen LogP contribution in [0, 0.1) is 0 Å². The van der Waals surface area contributed by atoms with Crippen LogP contribution < -0.4 is 5.32 Å². The average molecular weight is 153 g/mol. The molecule has 60 valence electrons. The predicted molar refractivity (Wildman–Crippen MR) is 41.5 cm³/mol. The molecule has 0 fully saturated rings. The third-order valence-corrected chi connectivity index (χ3v) is 1.93. The molecule has 1 aliphatic heterocycles. The summed E-state index contributed by atoms with van der Waals surface area (Å²) in [5, 5.41) is 10.1. The standard InChI is InChI=1S/C7H11N3O/c1-8-7-5-4-11-3-2-6(5)9-10-7/h2-4H2,1H3,(H2,8,9,10). The zero-order chi connectivity index (χ0) is 7.68. The van der Waals surface area contributed by atoms with Crippen molar-refractivity contribution in [3.05, 3.63) is 11.3 Å². The maximum Gasteiger partial charge on any atom is 0.127 e. The molecule has 1 aliphatic rings. The number of hydrogen-bond acceptors (Lipinski definition) is 3. The molecule has 0 aromatic carbocycles. The van der Waals surface area contributed by atoms with E-state index in [9.17, 15) is 0 Å². The molecule has 1 aromatic heterocycles.